The minimum atomic E-state index is -0.683. The Morgan fingerprint density at radius 1 is 1.04 bits per heavy atom. The van der Waals surface area contributed by atoms with Crippen molar-refractivity contribution >= 4 is 17.5 Å². The standard InChI is InChI=1S/C20H26N4O2/c1-4-24(5-2)14-16-9-7-10-17(12-16)23-20(26)19(25)21-13-18-11-6-8-15(3)22-18/h6-12H,4-5,13-14H2,1-3H3,(H,21,25)(H,23,26). The van der Waals surface area contributed by atoms with Crippen LogP contribution < -0.4 is 10.6 Å². The molecule has 2 rings (SSSR count). The molecule has 0 bridgehead atoms. The van der Waals surface area contributed by atoms with Crippen LogP contribution in [0.2, 0.25) is 0 Å². The lowest BCUT2D eigenvalue weighted by molar-refractivity contribution is -0.136. The molecule has 0 atom stereocenters. The van der Waals surface area contributed by atoms with Crippen LogP contribution in [-0.2, 0) is 22.7 Å². The van der Waals surface area contributed by atoms with E-state index in [2.05, 4.69) is 34.4 Å². The smallest absolute Gasteiger partial charge is 0.313 e. The van der Waals surface area contributed by atoms with Crippen molar-refractivity contribution in [2.24, 2.45) is 0 Å². The highest BCUT2D eigenvalue weighted by molar-refractivity contribution is 6.39. The summed E-state index contributed by atoms with van der Waals surface area (Å²) in [5.41, 5.74) is 3.29. The SMILES string of the molecule is CCN(CC)Cc1cccc(NC(=O)C(=O)NCc2cccc(C)n2)c1. The Hall–Kier alpha value is -2.73. The van der Waals surface area contributed by atoms with Gasteiger partial charge in [0.05, 0.1) is 12.2 Å². The molecule has 0 unspecified atom stereocenters. The van der Waals surface area contributed by atoms with E-state index in [-0.39, 0.29) is 6.54 Å². The lowest BCUT2D eigenvalue weighted by atomic mass is 10.2. The number of benzene rings is 1. The lowest BCUT2D eigenvalue weighted by Gasteiger charge is -2.18. The van der Waals surface area contributed by atoms with Crippen LogP contribution in [0.1, 0.15) is 30.8 Å². The second-order valence-corrected chi connectivity index (χ2v) is 6.07. The molecule has 1 aromatic heterocycles. The largest absolute Gasteiger partial charge is 0.342 e. The van der Waals surface area contributed by atoms with E-state index in [0.29, 0.717) is 11.4 Å². The molecule has 2 aromatic rings. The summed E-state index contributed by atoms with van der Waals surface area (Å²) in [4.78, 5) is 30.7. The normalized spacial score (nSPS) is 10.6. The molecule has 0 saturated heterocycles. The molecule has 1 aromatic carbocycles. The fourth-order valence-electron chi connectivity index (χ4n) is 2.59. The molecule has 0 spiro atoms. The van der Waals surface area contributed by atoms with Crippen molar-refractivity contribution in [3.63, 3.8) is 0 Å². The van der Waals surface area contributed by atoms with Gasteiger partial charge in [-0.1, -0.05) is 32.0 Å². The Bertz CT molecular complexity index is 757. The highest BCUT2D eigenvalue weighted by atomic mass is 16.2. The zero-order valence-corrected chi connectivity index (χ0v) is 15.6. The summed E-state index contributed by atoms with van der Waals surface area (Å²) in [5.74, 6) is -1.36. The topological polar surface area (TPSA) is 74.3 Å². The van der Waals surface area contributed by atoms with E-state index >= 15 is 0 Å². The number of amides is 2. The van der Waals surface area contributed by atoms with Crippen molar-refractivity contribution in [1.29, 1.82) is 0 Å². The maximum Gasteiger partial charge on any atom is 0.313 e. The van der Waals surface area contributed by atoms with Gasteiger partial charge in [-0.05, 0) is 49.8 Å². The van der Waals surface area contributed by atoms with Crippen LogP contribution in [0, 0.1) is 6.92 Å². The molecule has 6 heteroatoms. The van der Waals surface area contributed by atoms with E-state index in [1.165, 1.54) is 0 Å². The zero-order chi connectivity index (χ0) is 18.9. The van der Waals surface area contributed by atoms with Crippen molar-refractivity contribution in [2.75, 3.05) is 18.4 Å². The van der Waals surface area contributed by atoms with Crippen LogP contribution >= 0.6 is 0 Å². The first-order valence-electron chi connectivity index (χ1n) is 8.84. The third-order valence-corrected chi connectivity index (χ3v) is 4.07. The summed E-state index contributed by atoms with van der Waals surface area (Å²) in [6, 6.07) is 13.1. The molecule has 138 valence electrons. The van der Waals surface area contributed by atoms with Gasteiger partial charge in [-0.15, -0.1) is 0 Å². The zero-order valence-electron chi connectivity index (χ0n) is 15.6. The predicted octanol–water partition coefficient (Wildman–Crippen LogP) is 2.49. The Labute approximate surface area is 154 Å². The number of pyridine rings is 1. The number of carbonyl (C=O) groups is 2. The van der Waals surface area contributed by atoms with Crippen molar-refractivity contribution in [3.8, 4) is 0 Å². The number of hydrogen-bond acceptors (Lipinski definition) is 4. The second kappa shape index (κ2) is 9.68. The van der Waals surface area contributed by atoms with Crippen LogP contribution in [0.4, 0.5) is 5.69 Å². The first kappa shape index (κ1) is 19.6. The van der Waals surface area contributed by atoms with E-state index in [9.17, 15) is 9.59 Å². The Kier molecular flexibility index (Phi) is 7.29. The predicted molar refractivity (Wildman–Crippen MR) is 103 cm³/mol. The maximum atomic E-state index is 12.1. The van der Waals surface area contributed by atoms with E-state index < -0.39 is 11.8 Å². The van der Waals surface area contributed by atoms with Gasteiger partial charge in [-0.2, -0.15) is 0 Å². The molecule has 0 aliphatic carbocycles. The highest BCUT2D eigenvalue weighted by Gasteiger charge is 2.14. The van der Waals surface area contributed by atoms with Gasteiger partial charge in [0.1, 0.15) is 0 Å². The third-order valence-electron chi connectivity index (χ3n) is 4.07. The van der Waals surface area contributed by atoms with Crippen molar-refractivity contribution < 1.29 is 9.59 Å². The third kappa shape index (κ3) is 5.97. The number of rotatable bonds is 7. The monoisotopic (exact) mass is 354 g/mol. The number of carbonyl (C=O) groups excluding carboxylic acids is 2. The van der Waals surface area contributed by atoms with E-state index in [0.717, 1.165) is 30.9 Å². The van der Waals surface area contributed by atoms with Gasteiger partial charge in [0.15, 0.2) is 0 Å². The fraction of sp³-hybridized carbons (Fsp3) is 0.350. The van der Waals surface area contributed by atoms with Gasteiger partial charge in [0.25, 0.3) is 0 Å². The molecule has 6 nitrogen and oxygen atoms in total. The average Bonchev–Trinajstić information content (AvgIpc) is 2.64. The van der Waals surface area contributed by atoms with E-state index in [1.54, 1.807) is 6.07 Å². The summed E-state index contributed by atoms with van der Waals surface area (Å²) in [5, 5.41) is 5.24. The summed E-state index contributed by atoms with van der Waals surface area (Å²) in [6.07, 6.45) is 0. The van der Waals surface area contributed by atoms with Gasteiger partial charge in [0.2, 0.25) is 0 Å². The van der Waals surface area contributed by atoms with Crippen LogP contribution in [0.5, 0.6) is 0 Å². The van der Waals surface area contributed by atoms with Gasteiger partial charge in [0, 0.05) is 17.9 Å². The first-order chi connectivity index (χ1) is 12.5. The molecule has 0 saturated carbocycles. The van der Waals surface area contributed by atoms with E-state index in [4.69, 9.17) is 0 Å². The van der Waals surface area contributed by atoms with Gasteiger partial charge >= 0.3 is 11.8 Å². The number of nitrogens with one attached hydrogen (secondary N) is 2. The van der Waals surface area contributed by atoms with Gasteiger partial charge in [-0.25, -0.2) is 0 Å². The molecule has 1 heterocycles. The van der Waals surface area contributed by atoms with E-state index in [1.807, 2.05) is 43.3 Å². The van der Waals surface area contributed by atoms with Crippen LogP contribution in [0.3, 0.4) is 0 Å². The molecule has 0 aliphatic rings. The Balaban J connectivity index is 1.91. The molecule has 0 fully saturated rings. The average molecular weight is 354 g/mol. The molecule has 0 aliphatic heterocycles. The van der Waals surface area contributed by atoms with Crippen molar-refractivity contribution in [2.45, 2.75) is 33.9 Å². The molecule has 26 heavy (non-hydrogen) atoms. The lowest BCUT2D eigenvalue weighted by Crippen LogP contribution is -2.35. The minimum Gasteiger partial charge on any atom is -0.342 e. The molecule has 2 N–H and O–H groups in total. The van der Waals surface area contributed by atoms with Crippen molar-refractivity contribution in [1.82, 2.24) is 15.2 Å². The van der Waals surface area contributed by atoms with Crippen LogP contribution in [0.25, 0.3) is 0 Å². The minimum absolute atomic E-state index is 0.218. The first-order valence-corrected chi connectivity index (χ1v) is 8.84. The Morgan fingerprint density at radius 3 is 2.46 bits per heavy atom. The number of nitrogens with zero attached hydrogens (tertiary/aromatic N) is 2. The quantitative estimate of drug-likeness (QED) is 0.749. The molecular weight excluding hydrogens is 328 g/mol. The second-order valence-electron chi connectivity index (χ2n) is 6.07. The number of aromatic nitrogens is 1. The molecular formula is C20H26N4O2. The van der Waals surface area contributed by atoms with Crippen LogP contribution in [-0.4, -0.2) is 34.8 Å². The Morgan fingerprint density at radius 2 is 1.77 bits per heavy atom. The van der Waals surface area contributed by atoms with Gasteiger partial charge < -0.3 is 10.6 Å². The van der Waals surface area contributed by atoms with Crippen molar-refractivity contribution in [3.05, 3.63) is 59.4 Å². The number of aryl methyl sites for hydroxylation is 1. The number of anilines is 1. The summed E-state index contributed by atoms with van der Waals surface area (Å²) >= 11 is 0. The summed E-state index contributed by atoms with van der Waals surface area (Å²) < 4.78 is 0. The number of hydrogen-bond donors (Lipinski definition) is 2. The van der Waals surface area contributed by atoms with Gasteiger partial charge in [-0.3, -0.25) is 19.5 Å². The maximum absolute atomic E-state index is 12.1. The molecule has 0 radical (unpaired) electrons. The summed E-state index contributed by atoms with van der Waals surface area (Å²) in [7, 11) is 0. The summed E-state index contributed by atoms with van der Waals surface area (Å²) in [6.45, 7) is 9.05. The fourth-order valence-corrected chi connectivity index (χ4v) is 2.59. The highest BCUT2D eigenvalue weighted by Crippen LogP contribution is 2.12. The molecule has 2 amide bonds. The van der Waals surface area contributed by atoms with Crippen LogP contribution in [0.15, 0.2) is 42.5 Å².